The van der Waals surface area contributed by atoms with E-state index >= 15 is 0 Å². The van der Waals surface area contributed by atoms with Crippen LogP contribution in [0.25, 0.3) is 10.2 Å². The lowest BCUT2D eigenvalue weighted by molar-refractivity contribution is 0.249. The number of thiazole rings is 1. The molecule has 6 heteroatoms. The number of aromatic nitrogens is 2. The van der Waals surface area contributed by atoms with Crippen molar-refractivity contribution in [3.05, 3.63) is 48.3 Å². The Kier molecular flexibility index (Phi) is 4.32. The van der Waals surface area contributed by atoms with Crippen LogP contribution in [-0.2, 0) is 6.54 Å². The van der Waals surface area contributed by atoms with Gasteiger partial charge in [-0.05, 0) is 23.8 Å². The molecule has 0 saturated carbocycles. The normalized spacial score (nSPS) is 15.8. The van der Waals surface area contributed by atoms with Crippen LogP contribution in [0.2, 0.25) is 0 Å². The number of fused-ring (bicyclic) bond motifs is 1. The van der Waals surface area contributed by atoms with Crippen molar-refractivity contribution in [1.82, 2.24) is 14.9 Å². The fraction of sp³-hybridized carbons (Fsp3) is 0.333. The topological polar surface area (TPSA) is 41.5 Å². The van der Waals surface area contributed by atoms with Crippen molar-refractivity contribution >= 4 is 26.7 Å². The number of hydrogen-bond donors (Lipinski definition) is 0. The number of methoxy groups -OCH3 is 1. The van der Waals surface area contributed by atoms with E-state index in [0.29, 0.717) is 0 Å². The monoisotopic (exact) mass is 340 g/mol. The van der Waals surface area contributed by atoms with Crippen molar-refractivity contribution in [1.29, 1.82) is 0 Å². The van der Waals surface area contributed by atoms with Crippen molar-refractivity contribution in [3.63, 3.8) is 0 Å². The molecule has 124 valence electrons. The molecular formula is C18H20N4OS. The highest BCUT2D eigenvalue weighted by Crippen LogP contribution is 2.34. The van der Waals surface area contributed by atoms with E-state index in [4.69, 9.17) is 9.72 Å². The van der Waals surface area contributed by atoms with Crippen molar-refractivity contribution < 1.29 is 4.74 Å². The Bertz CT molecular complexity index is 812. The number of nitrogens with zero attached hydrogens (tertiary/aromatic N) is 4. The Morgan fingerprint density at radius 2 is 2.00 bits per heavy atom. The highest BCUT2D eigenvalue weighted by atomic mass is 32.1. The van der Waals surface area contributed by atoms with E-state index in [1.165, 1.54) is 10.3 Å². The van der Waals surface area contributed by atoms with Crippen molar-refractivity contribution in [2.45, 2.75) is 6.54 Å². The van der Waals surface area contributed by atoms with E-state index in [0.717, 1.165) is 49.1 Å². The zero-order valence-corrected chi connectivity index (χ0v) is 14.5. The number of ether oxygens (including phenoxy) is 1. The Morgan fingerprint density at radius 3 is 2.75 bits per heavy atom. The van der Waals surface area contributed by atoms with Gasteiger partial charge in [-0.3, -0.25) is 9.88 Å². The number of anilines is 1. The number of benzene rings is 1. The first-order chi connectivity index (χ1) is 11.8. The fourth-order valence-corrected chi connectivity index (χ4v) is 4.09. The van der Waals surface area contributed by atoms with E-state index in [1.54, 1.807) is 18.4 Å². The SMILES string of the molecule is COc1cccc2sc(N3CCN(Cc4cccnc4)CC3)nc12. The van der Waals surface area contributed by atoms with Gasteiger partial charge in [0, 0.05) is 45.1 Å². The molecule has 0 bridgehead atoms. The molecule has 2 aromatic heterocycles. The molecule has 0 unspecified atom stereocenters. The van der Waals surface area contributed by atoms with Crippen molar-refractivity contribution in [2.24, 2.45) is 0 Å². The highest BCUT2D eigenvalue weighted by molar-refractivity contribution is 7.22. The summed E-state index contributed by atoms with van der Waals surface area (Å²) in [6.07, 6.45) is 3.77. The molecule has 1 aliphatic rings. The number of rotatable bonds is 4. The number of para-hydroxylation sites is 1. The Labute approximate surface area is 145 Å². The molecule has 3 aromatic rings. The third kappa shape index (κ3) is 3.07. The maximum Gasteiger partial charge on any atom is 0.186 e. The summed E-state index contributed by atoms with van der Waals surface area (Å²) in [6, 6.07) is 10.2. The third-order valence-electron chi connectivity index (χ3n) is 4.36. The highest BCUT2D eigenvalue weighted by Gasteiger charge is 2.20. The van der Waals surface area contributed by atoms with Crippen LogP contribution in [0.5, 0.6) is 5.75 Å². The minimum atomic E-state index is 0.852. The van der Waals surface area contributed by atoms with Crippen LogP contribution in [-0.4, -0.2) is 48.2 Å². The first-order valence-electron chi connectivity index (χ1n) is 8.13. The smallest absolute Gasteiger partial charge is 0.186 e. The average Bonchev–Trinajstić information content (AvgIpc) is 3.07. The maximum atomic E-state index is 5.42. The Balaban J connectivity index is 1.44. The molecule has 5 nitrogen and oxygen atoms in total. The van der Waals surface area contributed by atoms with E-state index in [2.05, 4.69) is 26.9 Å². The van der Waals surface area contributed by atoms with Gasteiger partial charge >= 0.3 is 0 Å². The van der Waals surface area contributed by atoms with Crippen LogP contribution in [0.1, 0.15) is 5.56 Å². The molecule has 0 atom stereocenters. The first kappa shape index (κ1) is 15.4. The van der Waals surface area contributed by atoms with Gasteiger partial charge in [0.25, 0.3) is 0 Å². The van der Waals surface area contributed by atoms with Gasteiger partial charge in [-0.25, -0.2) is 4.98 Å². The summed E-state index contributed by atoms with van der Waals surface area (Å²) < 4.78 is 6.61. The lowest BCUT2D eigenvalue weighted by Crippen LogP contribution is -2.45. The minimum Gasteiger partial charge on any atom is -0.494 e. The Hall–Kier alpha value is -2.18. The summed E-state index contributed by atoms with van der Waals surface area (Å²) in [5.41, 5.74) is 2.24. The fourth-order valence-electron chi connectivity index (χ4n) is 3.06. The van der Waals surface area contributed by atoms with Gasteiger partial charge in [-0.15, -0.1) is 0 Å². The predicted octanol–water partition coefficient (Wildman–Crippen LogP) is 3.02. The predicted molar refractivity (Wildman–Crippen MR) is 97.9 cm³/mol. The van der Waals surface area contributed by atoms with Crippen LogP contribution >= 0.6 is 11.3 Å². The number of hydrogen-bond acceptors (Lipinski definition) is 6. The van der Waals surface area contributed by atoms with E-state index in [9.17, 15) is 0 Å². The summed E-state index contributed by atoms with van der Waals surface area (Å²) in [7, 11) is 1.70. The number of piperazine rings is 1. The molecule has 0 aliphatic carbocycles. The van der Waals surface area contributed by atoms with Gasteiger partial charge in [0.1, 0.15) is 11.3 Å². The lowest BCUT2D eigenvalue weighted by Gasteiger charge is -2.34. The van der Waals surface area contributed by atoms with Crippen LogP contribution in [0, 0.1) is 0 Å². The van der Waals surface area contributed by atoms with E-state index in [1.807, 2.05) is 30.6 Å². The van der Waals surface area contributed by atoms with Gasteiger partial charge < -0.3 is 9.64 Å². The molecule has 24 heavy (non-hydrogen) atoms. The molecule has 4 rings (SSSR count). The van der Waals surface area contributed by atoms with Crippen LogP contribution in [0.15, 0.2) is 42.7 Å². The second-order valence-electron chi connectivity index (χ2n) is 5.93. The van der Waals surface area contributed by atoms with E-state index < -0.39 is 0 Å². The Morgan fingerprint density at radius 1 is 1.12 bits per heavy atom. The summed E-state index contributed by atoms with van der Waals surface area (Å²) in [5, 5.41) is 1.09. The van der Waals surface area contributed by atoms with Crippen LogP contribution in [0.4, 0.5) is 5.13 Å². The molecular weight excluding hydrogens is 320 g/mol. The zero-order valence-electron chi connectivity index (χ0n) is 13.7. The molecule has 0 radical (unpaired) electrons. The summed E-state index contributed by atoms with van der Waals surface area (Å²) >= 11 is 1.74. The summed E-state index contributed by atoms with van der Waals surface area (Å²) in [4.78, 5) is 13.9. The van der Waals surface area contributed by atoms with Crippen molar-refractivity contribution in [3.8, 4) is 5.75 Å². The first-order valence-corrected chi connectivity index (χ1v) is 8.95. The molecule has 1 aliphatic heterocycles. The molecule has 1 saturated heterocycles. The summed E-state index contributed by atoms with van der Waals surface area (Å²) in [6.45, 7) is 5.06. The second kappa shape index (κ2) is 6.75. The van der Waals surface area contributed by atoms with Gasteiger partial charge in [0.15, 0.2) is 5.13 Å². The van der Waals surface area contributed by atoms with Gasteiger partial charge in [-0.2, -0.15) is 0 Å². The molecule has 3 heterocycles. The molecule has 0 N–H and O–H groups in total. The van der Waals surface area contributed by atoms with E-state index in [-0.39, 0.29) is 0 Å². The summed E-state index contributed by atoms with van der Waals surface area (Å²) in [5.74, 6) is 0.852. The van der Waals surface area contributed by atoms with Gasteiger partial charge in [0.2, 0.25) is 0 Å². The molecule has 0 spiro atoms. The largest absolute Gasteiger partial charge is 0.494 e. The van der Waals surface area contributed by atoms with Gasteiger partial charge in [-0.1, -0.05) is 23.5 Å². The minimum absolute atomic E-state index is 0.852. The van der Waals surface area contributed by atoms with Crippen LogP contribution in [0.3, 0.4) is 0 Å². The van der Waals surface area contributed by atoms with Crippen LogP contribution < -0.4 is 9.64 Å². The number of pyridine rings is 1. The van der Waals surface area contributed by atoms with Crippen molar-refractivity contribution in [2.75, 3.05) is 38.2 Å². The maximum absolute atomic E-state index is 5.42. The lowest BCUT2D eigenvalue weighted by atomic mass is 10.2. The van der Waals surface area contributed by atoms with Gasteiger partial charge in [0.05, 0.1) is 11.8 Å². The molecule has 1 fully saturated rings. The standard InChI is InChI=1S/C18H20N4OS/c1-23-15-5-2-6-16-17(15)20-18(24-16)22-10-8-21(9-11-22)13-14-4-3-7-19-12-14/h2-7,12H,8-11,13H2,1H3. The second-order valence-corrected chi connectivity index (χ2v) is 6.94. The quantitative estimate of drug-likeness (QED) is 0.730. The average molecular weight is 340 g/mol. The molecule has 1 aromatic carbocycles. The molecule has 0 amide bonds. The third-order valence-corrected chi connectivity index (χ3v) is 5.44. The zero-order chi connectivity index (χ0) is 16.4.